The van der Waals surface area contributed by atoms with Crippen LogP contribution in [0.3, 0.4) is 0 Å². The standard InChI is InChI=1S/C15H12Br2N2O2/c16-10-2-3-11(17)12(6-10)18-7-9-1-4-14-13(5-9)19-15(20)8-21-14/h1-6,18H,7-8H2,(H,19,20). The Morgan fingerprint density at radius 2 is 2.05 bits per heavy atom. The van der Waals surface area contributed by atoms with E-state index in [0.29, 0.717) is 12.3 Å². The van der Waals surface area contributed by atoms with E-state index in [1.807, 2.05) is 36.4 Å². The molecule has 2 aromatic rings. The van der Waals surface area contributed by atoms with Gasteiger partial charge in [-0.2, -0.15) is 0 Å². The molecule has 0 radical (unpaired) electrons. The lowest BCUT2D eigenvalue weighted by atomic mass is 10.1. The van der Waals surface area contributed by atoms with Crippen molar-refractivity contribution in [1.82, 2.24) is 0 Å². The van der Waals surface area contributed by atoms with Gasteiger partial charge in [-0.3, -0.25) is 4.79 Å². The Labute approximate surface area is 139 Å². The topological polar surface area (TPSA) is 50.4 Å². The van der Waals surface area contributed by atoms with Gasteiger partial charge in [0.05, 0.1) is 5.69 Å². The molecule has 1 heterocycles. The molecule has 108 valence electrons. The predicted octanol–water partition coefficient (Wildman–Crippen LogP) is 4.15. The highest BCUT2D eigenvalue weighted by atomic mass is 79.9. The Balaban J connectivity index is 1.75. The Morgan fingerprint density at radius 1 is 1.19 bits per heavy atom. The molecule has 0 saturated heterocycles. The van der Waals surface area contributed by atoms with Gasteiger partial charge in [-0.1, -0.05) is 22.0 Å². The first kappa shape index (κ1) is 14.4. The number of anilines is 2. The van der Waals surface area contributed by atoms with Crippen LogP contribution in [0.1, 0.15) is 5.56 Å². The third-order valence-corrected chi connectivity index (χ3v) is 4.27. The van der Waals surface area contributed by atoms with Gasteiger partial charge in [0, 0.05) is 21.2 Å². The zero-order valence-corrected chi connectivity index (χ0v) is 14.1. The van der Waals surface area contributed by atoms with E-state index in [9.17, 15) is 4.79 Å². The molecule has 3 rings (SSSR count). The maximum atomic E-state index is 11.3. The van der Waals surface area contributed by atoms with Crippen LogP contribution in [0.2, 0.25) is 0 Å². The maximum Gasteiger partial charge on any atom is 0.262 e. The molecule has 0 atom stereocenters. The second kappa shape index (κ2) is 6.07. The molecule has 0 aliphatic carbocycles. The molecule has 21 heavy (non-hydrogen) atoms. The van der Waals surface area contributed by atoms with E-state index in [2.05, 4.69) is 42.5 Å². The minimum Gasteiger partial charge on any atom is -0.482 e. The Kier molecular flexibility index (Phi) is 4.17. The third-order valence-electron chi connectivity index (χ3n) is 3.09. The molecule has 0 bridgehead atoms. The average Bonchev–Trinajstić information content (AvgIpc) is 2.47. The van der Waals surface area contributed by atoms with Gasteiger partial charge >= 0.3 is 0 Å². The normalized spacial score (nSPS) is 13.1. The van der Waals surface area contributed by atoms with Gasteiger partial charge in [0.15, 0.2) is 6.61 Å². The van der Waals surface area contributed by atoms with E-state index in [1.165, 1.54) is 0 Å². The highest BCUT2D eigenvalue weighted by molar-refractivity contribution is 9.11. The quantitative estimate of drug-likeness (QED) is 0.797. The fourth-order valence-electron chi connectivity index (χ4n) is 2.07. The van der Waals surface area contributed by atoms with Crippen molar-refractivity contribution in [2.24, 2.45) is 0 Å². The number of hydrogen-bond acceptors (Lipinski definition) is 3. The molecule has 2 aromatic carbocycles. The zero-order chi connectivity index (χ0) is 14.8. The van der Waals surface area contributed by atoms with E-state index in [0.717, 1.165) is 25.9 Å². The van der Waals surface area contributed by atoms with Crippen molar-refractivity contribution in [2.45, 2.75) is 6.54 Å². The van der Waals surface area contributed by atoms with E-state index in [1.54, 1.807) is 0 Å². The van der Waals surface area contributed by atoms with E-state index >= 15 is 0 Å². The van der Waals surface area contributed by atoms with Crippen LogP contribution in [0.15, 0.2) is 45.3 Å². The van der Waals surface area contributed by atoms with Gasteiger partial charge in [-0.05, 0) is 51.8 Å². The van der Waals surface area contributed by atoms with E-state index < -0.39 is 0 Å². The largest absolute Gasteiger partial charge is 0.482 e. The van der Waals surface area contributed by atoms with Gasteiger partial charge in [0.2, 0.25) is 0 Å². The summed E-state index contributed by atoms with van der Waals surface area (Å²) < 4.78 is 7.36. The second-order valence-corrected chi connectivity index (χ2v) is 6.42. The van der Waals surface area contributed by atoms with Crippen molar-refractivity contribution in [3.05, 3.63) is 50.9 Å². The Bertz CT molecular complexity index is 704. The van der Waals surface area contributed by atoms with Crippen molar-refractivity contribution >= 4 is 49.1 Å². The summed E-state index contributed by atoms with van der Waals surface area (Å²) in [6.45, 7) is 0.730. The molecule has 1 aliphatic rings. The highest BCUT2D eigenvalue weighted by Gasteiger charge is 2.15. The lowest BCUT2D eigenvalue weighted by Gasteiger charge is -2.19. The number of amides is 1. The van der Waals surface area contributed by atoms with Crippen LogP contribution in [0.5, 0.6) is 5.75 Å². The summed E-state index contributed by atoms with van der Waals surface area (Å²) >= 11 is 6.97. The molecule has 1 amide bonds. The fraction of sp³-hybridized carbons (Fsp3) is 0.133. The lowest BCUT2D eigenvalue weighted by Crippen LogP contribution is -2.25. The molecular formula is C15H12Br2N2O2. The van der Waals surface area contributed by atoms with Crippen molar-refractivity contribution in [3.63, 3.8) is 0 Å². The first-order valence-electron chi connectivity index (χ1n) is 6.36. The number of ether oxygens (including phenoxy) is 1. The number of nitrogens with one attached hydrogen (secondary N) is 2. The van der Waals surface area contributed by atoms with Crippen LogP contribution in [0.25, 0.3) is 0 Å². The monoisotopic (exact) mass is 410 g/mol. The maximum absolute atomic E-state index is 11.3. The average molecular weight is 412 g/mol. The van der Waals surface area contributed by atoms with Crippen LogP contribution in [0, 0.1) is 0 Å². The molecule has 0 fully saturated rings. The van der Waals surface area contributed by atoms with Crippen LogP contribution in [-0.4, -0.2) is 12.5 Å². The summed E-state index contributed by atoms with van der Waals surface area (Å²) in [7, 11) is 0. The smallest absolute Gasteiger partial charge is 0.262 e. The van der Waals surface area contributed by atoms with Gasteiger partial charge in [0.25, 0.3) is 5.91 Å². The van der Waals surface area contributed by atoms with Crippen molar-refractivity contribution in [2.75, 3.05) is 17.2 Å². The highest BCUT2D eigenvalue weighted by Crippen LogP contribution is 2.30. The molecule has 2 N–H and O–H groups in total. The molecule has 6 heteroatoms. The summed E-state index contributed by atoms with van der Waals surface area (Å²) in [6, 6.07) is 11.7. The minimum absolute atomic E-state index is 0.0790. The minimum atomic E-state index is -0.123. The molecule has 4 nitrogen and oxygen atoms in total. The summed E-state index contributed by atoms with van der Waals surface area (Å²) in [5.41, 5.74) is 2.78. The van der Waals surface area contributed by atoms with Crippen LogP contribution in [-0.2, 0) is 11.3 Å². The number of carbonyl (C=O) groups is 1. The summed E-state index contributed by atoms with van der Waals surface area (Å²) in [6.07, 6.45) is 0. The van der Waals surface area contributed by atoms with Crippen molar-refractivity contribution in [1.29, 1.82) is 0 Å². The molecule has 0 aromatic heterocycles. The SMILES string of the molecule is O=C1COc2ccc(CNc3cc(Br)ccc3Br)cc2N1. The Morgan fingerprint density at radius 3 is 2.90 bits per heavy atom. The van der Waals surface area contributed by atoms with E-state index in [4.69, 9.17) is 4.74 Å². The van der Waals surface area contributed by atoms with Crippen LogP contribution in [0.4, 0.5) is 11.4 Å². The number of benzene rings is 2. The van der Waals surface area contributed by atoms with Gasteiger partial charge < -0.3 is 15.4 Å². The second-order valence-electron chi connectivity index (χ2n) is 4.65. The van der Waals surface area contributed by atoms with Crippen LogP contribution >= 0.6 is 31.9 Å². The molecule has 0 unspecified atom stereocenters. The van der Waals surface area contributed by atoms with Crippen molar-refractivity contribution in [3.8, 4) is 5.75 Å². The number of halogens is 2. The van der Waals surface area contributed by atoms with Gasteiger partial charge in [-0.15, -0.1) is 0 Å². The third kappa shape index (κ3) is 3.39. The summed E-state index contributed by atoms with van der Waals surface area (Å²) in [5, 5.41) is 6.17. The number of fused-ring (bicyclic) bond motifs is 1. The number of hydrogen-bond donors (Lipinski definition) is 2. The predicted molar refractivity (Wildman–Crippen MR) is 89.7 cm³/mol. The first-order chi connectivity index (χ1) is 10.1. The molecule has 1 aliphatic heterocycles. The molecule has 0 spiro atoms. The Hall–Kier alpha value is -1.53. The first-order valence-corrected chi connectivity index (χ1v) is 7.95. The number of rotatable bonds is 3. The molecular weight excluding hydrogens is 400 g/mol. The van der Waals surface area contributed by atoms with Crippen LogP contribution < -0.4 is 15.4 Å². The zero-order valence-electron chi connectivity index (χ0n) is 11.0. The summed E-state index contributed by atoms with van der Waals surface area (Å²) in [4.78, 5) is 11.3. The number of carbonyl (C=O) groups excluding carboxylic acids is 1. The van der Waals surface area contributed by atoms with Crippen molar-refractivity contribution < 1.29 is 9.53 Å². The van der Waals surface area contributed by atoms with Gasteiger partial charge in [0.1, 0.15) is 5.75 Å². The lowest BCUT2D eigenvalue weighted by molar-refractivity contribution is -0.118. The summed E-state index contributed by atoms with van der Waals surface area (Å²) in [5.74, 6) is 0.587. The fourth-order valence-corrected chi connectivity index (χ4v) is 2.82. The van der Waals surface area contributed by atoms with E-state index in [-0.39, 0.29) is 12.5 Å². The van der Waals surface area contributed by atoms with Gasteiger partial charge in [-0.25, -0.2) is 0 Å². The molecule has 0 saturated carbocycles.